The van der Waals surface area contributed by atoms with Crippen LogP contribution >= 0.6 is 34.9 Å². The summed E-state index contributed by atoms with van der Waals surface area (Å²) < 4.78 is 8.10. The molecule has 1 aromatic heterocycles. The van der Waals surface area contributed by atoms with Crippen molar-refractivity contribution in [2.24, 2.45) is 5.84 Å². The summed E-state index contributed by atoms with van der Waals surface area (Å²) in [6, 6.07) is 5.29. The van der Waals surface area contributed by atoms with Crippen LogP contribution < -0.4 is 11.3 Å². The molecule has 2 aromatic rings. The van der Waals surface area contributed by atoms with Gasteiger partial charge in [0.2, 0.25) is 0 Å². The van der Waals surface area contributed by atoms with Crippen molar-refractivity contribution < 1.29 is 0 Å². The predicted molar refractivity (Wildman–Crippen MR) is 70.1 cm³/mol. The third-order valence-electron chi connectivity index (χ3n) is 2.38. The highest BCUT2D eigenvalue weighted by atomic mass is 35.5. The Morgan fingerprint density at radius 3 is 2.82 bits per heavy atom. The van der Waals surface area contributed by atoms with Gasteiger partial charge in [-0.2, -0.15) is 8.75 Å². The summed E-state index contributed by atoms with van der Waals surface area (Å²) in [7, 11) is 0. The smallest absolute Gasteiger partial charge is 0.0929 e. The zero-order valence-electron chi connectivity index (χ0n) is 8.73. The van der Waals surface area contributed by atoms with E-state index in [1.165, 1.54) is 0 Å². The minimum Gasteiger partial charge on any atom is -0.271 e. The first kappa shape index (κ1) is 12.7. The van der Waals surface area contributed by atoms with E-state index in [0.29, 0.717) is 16.5 Å². The summed E-state index contributed by atoms with van der Waals surface area (Å²) in [4.78, 5) is 0. The Bertz CT molecular complexity index is 489. The van der Waals surface area contributed by atoms with Gasteiger partial charge in [-0.1, -0.05) is 29.3 Å². The van der Waals surface area contributed by atoms with E-state index in [-0.39, 0.29) is 6.04 Å². The van der Waals surface area contributed by atoms with E-state index in [0.717, 1.165) is 23.0 Å². The highest BCUT2D eigenvalue weighted by Crippen LogP contribution is 2.25. The van der Waals surface area contributed by atoms with Gasteiger partial charge in [0.1, 0.15) is 0 Å². The summed E-state index contributed by atoms with van der Waals surface area (Å²) in [5.41, 5.74) is 4.48. The molecule has 4 nitrogen and oxygen atoms in total. The van der Waals surface area contributed by atoms with E-state index >= 15 is 0 Å². The number of aromatic nitrogens is 2. The Morgan fingerprint density at radius 1 is 1.41 bits per heavy atom. The van der Waals surface area contributed by atoms with Crippen LogP contribution in [0.25, 0.3) is 0 Å². The van der Waals surface area contributed by atoms with E-state index in [2.05, 4.69) is 14.2 Å². The van der Waals surface area contributed by atoms with Crippen molar-refractivity contribution in [1.82, 2.24) is 14.2 Å². The van der Waals surface area contributed by atoms with Gasteiger partial charge >= 0.3 is 0 Å². The van der Waals surface area contributed by atoms with E-state index in [1.807, 2.05) is 6.07 Å². The normalized spacial score (nSPS) is 12.6. The number of nitrogens with one attached hydrogen (secondary N) is 1. The molecule has 0 saturated heterocycles. The van der Waals surface area contributed by atoms with E-state index in [4.69, 9.17) is 29.0 Å². The average molecular weight is 289 g/mol. The Kier molecular flexibility index (Phi) is 4.31. The molecule has 7 heteroatoms. The van der Waals surface area contributed by atoms with Gasteiger partial charge in [-0.15, -0.1) is 0 Å². The van der Waals surface area contributed by atoms with Gasteiger partial charge in [-0.05, 0) is 24.1 Å². The molecule has 2 rings (SSSR count). The fourth-order valence-electron chi connectivity index (χ4n) is 1.48. The molecular weight excluding hydrogens is 279 g/mol. The molecule has 0 bridgehead atoms. The molecule has 1 heterocycles. The molecular formula is C10H10Cl2N4S. The molecule has 0 aliphatic rings. The lowest BCUT2D eigenvalue weighted by atomic mass is 10.0. The molecule has 0 radical (unpaired) electrons. The molecule has 0 aliphatic heterocycles. The summed E-state index contributed by atoms with van der Waals surface area (Å²) >= 11 is 13.1. The first-order chi connectivity index (χ1) is 8.20. The van der Waals surface area contributed by atoms with Crippen molar-refractivity contribution in [1.29, 1.82) is 0 Å². The van der Waals surface area contributed by atoms with E-state index < -0.39 is 0 Å². The van der Waals surface area contributed by atoms with Gasteiger partial charge in [0, 0.05) is 10.0 Å². The fraction of sp³-hybridized carbons (Fsp3) is 0.200. The number of benzene rings is 1. The first-order valence-electron chi connectivity index (χ1n) is 4.88. The van der Waals surface area contributed by atoms with Crippen molar-refractivity contribution >= 4 is 34.9 Å². The van der Waals surface area contributed by atoms with Crippen molar-refractivity contribution in [3.05, 3.63) is 45.7 Å². The van der Waals surface area contributed by atoms with Gasteiger partial charge < -0.3 is 0 Å². The summed E-state index contributed by atoms with van der Waals surface area (Å²) in [5, 5.41) is 1.24. The second-order valence-electron chi connectivity index (χ2n) is 3.49. The molecule has 1 unspecified atom stereocenters. The van der Waals surface area contributed by atoms with Crippen molar-refractivity contribution in [2.75, 3.05) is 0 Å². The van der Waals surface area contributed by atoms with Crippen molar-refractivity contribution in [3.63, 3.8) is 0 Å². The van der Waals surface area contributed by atoms with Gasteiger partial charge in [0.05, 0.1) is 29.7 Å². The topological polar surface area (TPSA) is 63.8 Å². The van der Waals surface area contributed by atoms with Crippen LogP contribution in [0.3, 0.4) is 0 Å². The minimum absolute atomic E-state index is 0.104. The zero-order chi connectivity index (χ0) is 12.3. The number of nitrogens with zero attached hydrogens (tertiary/aromatic N) is 2. The number of nitrogens with two attached hydrogens (primary N) is 1. The Labute approximate surface area is 113 Å². The first-order valence-corrected chi connectivity index (χ1v) is 6.37. The second kappa shape index (κ2) is 5.75. The minimum atomic E-state index is -0.104. The summed E-state index contributed by atoms with van der Waals surface area (Å²) in [5.74, 6) is 5.51. The highest BCUT2D eigenvalue weighted by molar-refractivity contribution is 6.99. The summed E-state index contributed by atoms with van der Waals surface area (Å²) in [6.45, 7) is 0. The molecule has 0 saturated carbocycles. The fourth-order valence-corrected chi connectivity index (χ4v) is 2.44. The molecule has 0 spiro atoms. The van der Waals surface area contributed by atoms with Gasteiger partial charge in [0.15, 0.2) is 0 Å². The van der Waals surface area contributed by atoms with E-state index in [9.17, 15) is 0 Å². The molecule has 0 aliphatic carbocycles. The molecule has 1 atom stereocenters. The molecule has 3 N–H and O–H groups in total. The van der Waals surface area contributed by atoms with Crippen LogP contribution in [-0.4, -0.2) is 8.75 Å². The summed E-state index contributed by atoms with van der Waals surface area (Å²) in [6.07, 6.45) is 2.33. The number of hydrogen-bond acceptors (Lipinski definition) is 5. The zero-order valence-corrected chi connectivity index (χ0v) is 11.1. The van der Waals surface area contributed by atoms with Gasteiger partial charge in [-0.3, -0.25) is 11.3 Å². The van der Waals surface area contributed by atoms with Crippen molar-refractivity contribution in [3.8, 4) is 0 Å². The second-order valence-corrected chi connectivity index (χ2v) is 4.89. The van der Waals surface area contributed by atoms with Crippen LogP contribution in [0.4, 0.5) is 0 Å². The maximum absolute atomic E-state index is 6.11. The molecule has 0 amide bonds. The standard InChI is InChI=1S/C10H10Cl2N4S/c11-7-2-1-6(8(12)4-7)3-9(15-13)10-5-14-17-16-10/h1-2,4-5,9,15H,3,13H2. The Morgan fingerprint density at radius 2 is 2.24 bits per heavy atom. The SMILES string of the molecule is NNC(Cc1ccc(Cl)cc1Cl)c1cnsn1. The van der Waals surface area contributed by atoms with E-state index in [1.54, 1.807) is 18.3 Å². The van der Waals surface area contributed by atoms with Crippen LogP contribution in [0.5, 0.6) is 0 Å². The third-order valence-corrected chi connectivity index (χ3v) is 3.45. The van der Waals surface area contributed by atoms with Gasteiger partial charge in [-0.25, -0.2) is 0 Å². The Balaban J connectivity index is 2.19. The maximum Gasteiger partial charge on any atom is 0.0929 e. The Hall–Kier alpha value is -0.720. The van der Waals surface area contributed by atoms with Crippen LogP contribution in [-0.2, 0) is 6.42 Å². The lowest BCUT2D eigenvalue weighted by Gasteiger charge is -2.14. The molecule has 1 aromatic carbocycles. The lowest BCUT2D eigenvalue weighted by Crippen LogP contribution is -2.29. The van der Waals surface area contributed by atoms with Crippen LogP contribution in [0.1, 0.15) is 17.3 Å². The predicted octanol–water partition coefficient (Wildman–Crippen LogP) is 2.59. The van der Waals surface area contributed by atoms with Crippen LogP contribution in [0.15, 0.2) is 24.4 Å². The maximum atomic E-state index is 6.11. The number of hydrazine groups is 1. The quantitative estimate of drug-likeness (QED) is 0.671. The van der Waals surface area contributed by atoms with Crippen molar-refractivity contribution in [2.45, 2.75) is 12.5 Å². The third kappa shape index (κ3) is 3.14. The lowest BCUT2D eigenvalue weighted by molar-refractivity contribution is 0.542. The highest BCUT2D eigenvalue weighted by Gasteiger charge is 2.15. The largest absolute Gasteiger partial charge is 0.271 e. The molecule has 0 fully saturated rings. The monoisotopic (exact) mass is 288 g/mol. The number of hydrogen-bond donors (Lipinski definition) is 2. The molecule has 17 heavy (non-hydrogen) atoms. The number of halogens is 2. The average Bonchev–Trinajstić information content (AvgIpc) is 2.81. The number of rotatable bonds is 4. The van der Waals surface area contributed by atoms with Crippen LogP contribution in [0.2, 0.25) is 10.0 Å². The van der Waals surface area contributed by atoms with Gasteiger partial charge in [0.25, 0.3) is 0 Å². The van der Waals surface area contributed by atoms with Crippen LogP contribution in [0, 0.1) is 0 Å². The molecule has 90 valence electrons.